The number of hydrogen-bond acceptors (Lipinski definition) is 4. The van der Waals surface area contributed by atoms with Crippen molar-refractivity contribution in [3.8, 4) is 11.3 Å². The van der Waals surface area contributed by atoms with E-state index in [0.29, 0.717) is 22.2 Å². The molecule has 2 aromatic heterocycles. The minimum absolute atomic E-state index is 0.0937. The van der Waals surface area contributed by atoms with Gasteiger partial charge in [0.1, 0.15) is 11.5 Å². The third kappa shape index (κ3) is 3.41. The second kappa shape index (κ2) is 6.64. The molecule has 1 amide bonds. The molecule has 23 heavy (non-hydrogen) atoms. The lowest BCUT2D eigenvalue weighted by molar-refractivity contribution is 0.102. The van der Waals surface area contributed by atoms with Crippen LogP contribution >= 0.6 is 11.6 Å². The highest BCUT2D eigenvalue weighted by atomic mass is 35.5. The summed E-state index contributed by atoms with van der Waals surface area (Å²) in [5.74, 6) is 0.146. The zero-order chi connectivity index (χ0) is 16.2. The molecule has 0 bridgehead atoms. The van der Waals surface area contributed by atoms with Gasteiger partial charge in [-0.1, -0.05) is 23.7 Å². The predicted octanol–water partition coefficient (Wildman–Crippen LogP) is 2.17. The number of aromatic nitrogens is 4. The van der Waals surface area contributed by atoms with Crippen LogP contribution in [0.3, 0.4) is 0 Å². The van der Waals surface area contributed by atoms with Gasteiger partial charge in [-0.05, 0) is 18.2 Å². The Morgan fingerprint density at radius 2 is 2.22 bits per heavy atom. The number of rotatable bonds is 5. The molecule has 0 spiro atoms. The first-order chi connectivity index (χ1) is 11.2. The molecule has 0 fully saturated rings. The van der Waals surface area contributed by atoms with E-state index in [1.807, 2.05) is 12.1 Å². The third-order valence-electron chi connectivity index (χ3n) is 3.20. The van der Waals surface area contributed by atoms with Crippen molar-refractivity contribution in [3.63, 3.8) is 0 Å². The summed E-state index contributed by atoms with van der Waals surface area (Å²) in [4.78, 5) is 12.1. The maximum absolute atomic E-state index is 12.1. The average Bonchev–Trinajstić information content (AvgIpc) is 3.18. The van der Waals surface area contributed by atoms with Crippen LogP contribution < -0.4 is 5.32 Å². The molecule has 8 heteroatoms. The van der Waals surface area contributed by atoms with Crippen LogP contribution in [0.5, 0.6) is 0 Å². The summed E-state index contributed by atoms with van der Waals surface area (Å²) in [7, 11) is 0. The van der Waals surface area contributed by atoms with Crippen LogP contribution in [-0.4, -0.2) is 37.6 Å². The molecule has 0 atom stereocenters. The summed E-state index contributed by atoms with van der Waals surface area (Å²) < 4.78 is 1.53. The molecule has 3 N–H and O–H groups in total. The van der Waals surface area contributed by atoms with Gasteiger partial charge in [0.05, 0.1) is 18.8 Å². The molecule has 3 aromatic rings. The number of nitrogens with one attached hydrogen (secondary N) is 2. The van der Waals surface area contributed by atoms with E-state index in [1.54, 1.807) is 24.3 Å². The highest BCUT2D eigenvalue weighted by Gasteiger charge is 2.14. The Labute approximate surface area is 136 Å². The molecular weight excluding hydrogens is 318 g/mol. The van der Waals surface area contributed by atoms with Crippen molar-refractivity contribution >= 4 is 23.3 Å². The molecule has 118 valence electrons. The molecule has 0 aliphatic heterocycles. The van der Waals surface area contributed by atoms with Gasteiger partial charge in [0, 0.05) is 22.8 Å². The van der Waals surface area contributed by atoms with Crippen molar-refractivity contribution in [2.75, 3.05) is 11.9 Å². The number of carbonyl (C=O) groups is 1. The van der Waals surface area contributed by atoms with Gasteiger partial charge >= 0.3 is 0 Å². The van der Waals surface area contributed by atoms with Crippen LogP contribution in [0.25, 0.3) is 11.3 Å². The Hall–Kier alpha value is -2.64. The van der Waals surface area contributed by atoms with Crippen LogP contribution in [0.15, 0.2) is 42.6 Å². The van der Waals surface area contributed by atoms with Crippen LogP contribution in [0, 0.1) is 0 Å². The summed E-state index contributed by atoms with van der Waals surface area (Å²) in [5, 5.41) is 23.3. The summed E-state index contributed by atoms with van der Waals surface area (Å²) in [6, 6.07) is 10.6. The maximum atomic E-state index is 12.1. The number of aliphatic hydroxyl groups excluding tert-OH is 1. The second-order valence-corrected chi connectivity index (χ2v) is 5.23. The van der Waals surface area contributed by atoms with Gasteiger partial charge in [0.2, 0.25) is 0 Å². The average molecular weight is 332 g/mol. The van der Waals surface area contributed by atoms with Crippen molar-refractivity contribution in [2.24, 2.45) is 0 Å². The Kier molecular flexibility index (Phi) is 4.40. The Bertz CT molecular complexity index is 813. The number of benzene rings is 1. The number of nitrogens with zero attached hydrogens (tertiary/aromatic N) is 3. The Balaban J connectivity index is 1.91. The fourth-order valence-electron chi connectivity index (χ4n) is 2.14. The molecule has 0 aliphatic rings. The lowest BCUT2D eigenvalue weighted by Gasteiger charge is -2.06. The summed E-state index contributed by atoms with van der Waals surface area (Å²) in [5.41, 5.74) is 1.82. The fourth-order valence-corrected chi connectivity index (χ4v) is 2.33. The molecule has 0 unspecified atom stereocenters. The standard InChI is InChI=1S/C15H14ClN5O2/c16-11-3-1-2-10(8-11)13-9-14(21(20-13)6-7-22)18-15(23)12-4-5-17-19-12/h1-5,8-9,22H,6-7H2,(H,17,19)(H,18,23). The van der Waals surface area contributed by atoms with E-state index >= 15 is 0 Å². The monoisotopic (exact) mass is 331 g/mol. The fraction of sp³-hybridized carbons (Fsp3) is 0.133. The first kappa shape index (κ1) is 15.3. The van der Waals surface area contributed by atoms with Gasteiger partial charge in [-0.2, -0.15) is 10.2 Å². The van der Waals surface area contributed by atoms with E-state index in [2.05, 4.69) is 20.6 Å². The smallest absolute Gasteiger partial charge is 0.274 e. The summed E-state index contributed by atoms with van der Waals surface area (Å²) in [6.45, 7) is 0.169. The van der Waals surface area contributed by atoms with Gasteiger partial charge < -0.3 is 10.4 Å². The molecule has 1 aromatic carbocycles. The van der Waals surface area contributed by atoms with E-state index in [4.69, 9.17) is 11.6 Å². The van der Waals surface area contributed by atoms with E-state index in [0.717, 1.165) is 5.56 Å². The number of aliphatic hydroxyl groups is 1. The number of anilines is 1. The van der Waals surface area contributed by atoms with Gasteiger partial charge in [0.15, 0.2) is 0 Å². The zero-order valence-corrected chi connectivity index (χ0v) is 12.8. The molecular formula is C15H14ClN5O2. The minimum Gasteiger partial charge on any atom is -0.394 e. The van der Waals surface area contributed by atoms with Gasteiger partial charge in [0.25, 0.3) is 5.91 Å². The zero-order valence-electron chi connectivity index (χ0n) is 12.0. The first-order valence-electron chi connectivity index (χ1n) is 6.93. The molecule has 0 aliphatic carbocycles. The number of halogens is 1. The number of amides is 1. The first-order valence-corrected chi connectivity index (χ1v) is 7.30. The maximum Gasteiger partial charge on any atom is 0.274 e. The lowest BCUT2D eigenvalue weighted by atomic mass is 10.1. The van der Waals surface area contributed by atoms with Crippen LogP contribution in [0.4, 0.5) is 5.82 Å². The molecule has 0 saturated heterocycles. The number of aromatic amines is 1. The highest BCUT2D eigenvalue weighted by Crippen LogP contribution is 2.24. The lowest BCUT2D eigenvalue weighted by Crippen LogP contribution is -2.17. The van der Waals surface area contributed by atoms with Crippen LogP contribution in [0.1, 0.15) is 10.5 Å². The second-order valence-electron chi connectivity index (χ2n) is 4.80. The van der Waals surface area contributed by atoms with Gasteiger partial charge in [-0.15, -0.1) is 0 Å². The SMILES string of the molecule is O=C(Nc1cc(-c2cccc(Cl)c2)nn1CCO)c1ccn[nH]1. The van der Waals surface area contributed by atoms with Crippen molar-refractivity contribution < 1.29 is 9.90 Å². The van der Waals surface area contributed by atoms with Crippen molar-refractivity contribution in [3.05, 3.63) is 53.3 Å². The molecule has 3 rings (SSSR count). The van der Waals surface area contributed by atoms with E-state index in [9.17, 15) is 9.90 Å². The normalized spacial score (nSPS) is 10.7. The third-order valence-corrected chi connectivity index (χ3v) is 3.43. The van der Waals surface area contributed by atoms with Crippen molar-refractivity contribution in [1.29, 1.82) is 0 Å². The van der Waals surface area contributed by atoms with Gasteiger partial charge in [-0.3, -0.25) is 9.89 Å². The summed E-state index contributed by atoms with van der Waals surface area (Å²) in [6.07, 6.45) is 1.50. The van der Waals surface area contributed by atoms with E-state index < -0.39 is 0 Å². The van der Waals surface area contributed by atoms with Crippen molar-refractivity contribution in [2.45, 2.75) is 6.54 Å². The highest BCUT2D eigenvalue weighted by molar-refractivity contribution is 6.30. The summed E-state index contributed by atoms with van der Waals surface area (Å²) >= 11 is 6.00. The van der Waals surface area contributed by atoms with Crippen molar-refractivity contribution in [1.82, 2.24) is 20.0 Å². The molecule has 7 nitrogen and oxygen atoms in total. The molecule has 0 saturated carbocycles. The number of H-pyrrole nitrogens is 1. The largest absolute Gasteiger partial charge is 0.394 e. The van der Waals surface area contributed by atoms with Crippen LogP contribution in [0.2, 0.25) is 5.02 Å². The van der Waals surface area contributed by atoms with Gasteiger partial charge in [-0.25, -0.2) is 4.68 Å². The quantitative estimate of drug-likeness (QED) is 0.667. The van der Waals surface area contributed by atoms with E-state index in [1.165, 1.54) is 10.9 Å². The Morgan fingerprint density at radius 3 is 2.91 bits per heavy atom. The molecule has 0 radical (unpaired) electrons. The molecule has 2 heterocycles. The topological polar surface area (TPSA) is 95.8 Å². The Morgan fingerprint density at radius 1 is 1.35 bits per heavy atom. The number of carbonyl (C=O) groups excluding carboxylic acids is 1. The predicted molar refractivity (Wildman–Crippen MR) is 86.3 cm³/mol. The van der Waals surface area contributed by atoms with E-state index in [-0.39, 0.29) is 19.1 Å². The van der Waals surface area contributed by atoms with Crippen LogP contribution in [-0.2, 0) is 6.54 Å². The minimum atomic E-state index is -0.334. The number of hydrogen-bond donors (Lipinski definition) is 3.